The van der Waals surface area contributed by atoms with E-state index in [1.807, 2.05) is 36.4 Å². The lowest BCUT2D eigenvalue weighted by Gasteiger charge is -2.16. The summed E-state index contributed by atoms with van der Waals surface area (Å²) in [5, 5.41) is 0.368. The fourth-order valence-electron chi connectivity index (χ4n) is 2.15. The monoisotopic (exact) mass is 340 g/mol. The molecule has 0 bridgehead atoms. The van der Waals surface area contributed by atoms with Crippen molar-refractivity contribution in [3.63, 3.8) is 0 Å². The van der Waals surface area contributed by atoms with E-state index >= 15 is 0 Å². The Morgan fingerprint density at radius 3 is 2.54 bits per heavy atom. The molecular formula is C17H16N4O2S. The van der Waals surface area contributed by atoms with E-state index in [2.05, 4.69) is 10.4 Å². The van der Waals surface area contributed by atoms with Crippen LogP contribution in [0, 0.1) is 0 Å². The van der Waals surface area contributed by atoms with Crippen LogP contribution in [0.25, 0.3) is 10.9 Å². The molecule has 24 heavy (non-hydrogen) atoms. The van der Waals surface area contributed by atoms with Gasteiger partial charge in [0.05, 0.1) is 21.8 Å². The average molecular weight is 340 g/mol. The highest BCUT2D eigenvalue weighted by Crippen LogP contribution is 2.22. The predicted molar refractivity (Wildman–Crippen MR) is 96.0 cm³/mol. The first-order valence-electron chi connectivity index (χ1n) is 7.36. The van der Waals surface area contributed by atoms with Crippen molar-refractivity contribution in [2.45, 2.75) is 17.3 Å². The van der Waals surface area contributed by atoms with Crippen LogP contribution in [0.2, 0.25) is 0 Å². The molecule has 6 nitrogen and oxygen atoms in total. The van der Waals surface area contributed by atoms with Crippen molar-refractivity contribution >= 4 is 34.3 Å². The number of anilines is 1. The van der Waals surface area contributed by atoms with Crippen molar-refractivity contribution in [2.24, 2.45) is 5.73 Å². The Morgan fingerprint density at radius 1 is 1.17 bits per heavy atom. The Hall–Kier alpha value is -2.80. The Balaban J connectivity index is 2.14. The van der Waals surface area contributed by atoms with Gasteiger partial charge < -0.3 is 5.73 Å². The largest absolute Gasteiger partial charge is 0.369 e. The molecule has 0 fully saturated rings. The van der Waals surface area contributed by atoms with Crippen LogP contribution < -0.4 is 16.7 Å². The quantitative estimate of drug-likeness (QED) is 0.549. The maximum absolute atomic E-state index is 12.8. The number of nitrogens with one attached hydrogen (secondary N) is 1. The maximum atomic E-state index is 12.8. The number of fused-ring (bicyclic) bond motifs is 1. The summed E-state index contributed by atoms with van der Waals surface area (Å²) in [6, 6.07) is 16.4. The SMILES string of the molecule is CC(Sc1nc2ccccc2c(=O)n1Nc1ccccc1)C(N)=O. The third-order valence-corrected chi connectivity index (χ3v) is 4.51. The van der Waals surface area contributed by atoms with Crippen molar-refractivity contribution in [1.82, 2.24) is 9.66 Å². The summed E-state index contributed by atoms with van der Waals surface area (Å²) in [6.07, 6.45) is 0. The van der Waals surface area contributed by atoms with E-state index in [9.17, 15) is 9.59 Å². The van der Waals surface area contributed by atoms with Crippen LogP contribution in [0.15, 0.2) is 64.5 Å². The molecule has 0 saturated carbocycles. The highest BCUT2D eigenvalue weighted by molar-refractivity contribution is 8.00. The molecule has 0 spiro atoms. The summed E-state index contributed by atoms with van der Waals surface area (Å²) < 4.78 is 1.35. The molecule has 1 atom stereocenters. The van der Waals surface area contributed by atoms with Crippen molar-refractivity contribution < 1.29 is 4.79 Å². The molecule has 1 amide bonds. The summed E-state index contributed by atoms with van der Waals surface area (Å²) in [5.41, 5.74) is 9.47. The van der Waals surface area contributed by atoms with Gasteiger partial charge in [-0.3, -0.25) is 15.0 Å². The number of amides is 1. The van der Waals surface area contributed by atoms with Crippen LogP contribution in [0.3, 0.4) is 0 Å². The van der Waals surface area contributed by atoms with Gasteiger partial charge in [-0.15, -0.1) is 0 Å². The number of hydrogen-bond donors (Lipinski definition) is 2. The first-order valence-corrected chi connectivity index (χ1v) is 8.24. The van der Waals surface area contributed by atoms with Crippen molar-refractivity contribution in [2.75, 3.05) is 5.43 Å². The number of carbonyl (C=O) groups is 1. The van der Waals surface area contributed by atoms with Gasteiger partial charge in [0.1, 0.15) is 0 Å². The van der Waals surface area contributed by atoms with Crippen LogP contribution in [-0.4, -0.2) is 20.8 Å². The van der Waals surface area contributed by atoms with E-state index in [-0.39, 0.29) is 5.56 Å². The first-order chi connectivity index (χ1) is 11.6. The summed E-state index contributed by atoms with van der Waals surface area (Å²) in [5.74, 6) is -0.464. The Morgan fingerprint density at radius 2 is 1.83 bits per heavy atom. The summed E-state index contributed by atoms with van der Waals surface area (Å²) in [6.45, 7) is 1.68. The van der Waals surface area contributed by atoms with Crippen LogP contribution in [0.1, 0.15) is 6.92 Å². The molecule has 3 N–H and O–H groups in total. The normalized spacial score (nSPS) is 12.0. The molecule has 0 radical (unpaired) electrons. The van der Waals surface area contributed by atoms with Crippen LogP contribution in [0.4, 0.5) is 5.69 Å². The van der Waals surface area contributed by atoms with Gasteiger partial charge in [-0.05, 0) is 31.2 Å². The lowest BCUT2D eigenvalue weighted by atomic mass is 10.2. The highest BCUT2D eigenvalue weighted by Gasteiger charge is 2.17. The number of primary amides is 1. The first kappa shape index (κ1) is 16.1. The zero-order valence-electron chi connectivity index (χ0n) is 13.0. The minimum Gasteiger partial charge on any atom is -0.369 e. The van der Waals surface area contributed by atoms with Crippen molar-refractivity contribution in [3.05, 3.63) is 65.0 Å². The number of para-hydroxylation sites is 2. The van der Waals surface area contributed by atoms with E-state index < -0.39 is 11.2 Å². The number of nitrogens with two attached hydrogens (primary N) is 1. The van der Waals surface area contributed by atoms with Gasteiger partial charge in [0, 0.05) is 0 Å². The average Bonchev–Trinajstić information content (AvgIpc) is 2.59. The number of aromatic nitrogens is 2. The van der Waals surface area contributed by atoms with Gasteiger partial charge >= 0.3 is 0 Å². The molecule has 7 heteroatoms. The van der Waals surface area contributed by atoms with E-state index in [0.717, 1.165) is 17.4 Å². The molecule has 0 aliphatic heterocycles. The second-order valence-corrected chi connectivity index (χ2v) is 6.50. The molecule has 1 aromatic heterocycles. The van der Waals surface area contributed by atoms with E-state index in [0.29, 0.717) is 16.1 Å². The second kappa shape index (κ2) is 6.76. The smallest absolute Gasteiger partial charge is 0.280 e. The molecule has 0 saturated heterocycles. The van der Waals surface area contributed by atoms with E-state index in [1.54, 1.807) is 25.1 Å². The third kappa shape index (κ3) is 3.26. The number of nitrogens with zero attached hydrogens (tertiary/aromatic N) is 2. The zero-order chi connectivity index (χ0) is 17.1. The molecule has 3 rings (SSSR count). The molecule has 3 aromatic rings. The summed E-state index contributed by atoms with van der Waals surface area (Å²) in [7, 11) is 0. The zero-order valence-corrected chi connectivity index (χ0v) is 13.8. The number of thioether (sulfide) groups is 1. The van der Waals surface area contributed by atoms with Gasteiger partial charge in [0.2, 0.25) is 5.91 Å². The molecular weight excluding hydrogens is 324 g/mol. The fraction of sp³-hybridized carbons (Fsp3) is 0.118. The Kier molecular flexibility index (Phi) is 4.52. The van der Waals surface area contributed by atoms with E-state index in [1.165, 1.54) is 4.68 Å². The molecule has 1 unspecified atom stereocenters. The van der Waals surface area contributed by atoms with Gasteiger partial charge in [0.25, 0.3) is 5.56 Å². The van der Waals surface area contributed by atoms with Gasteiger partial charge in [-0.2, -0.15) is 4.68 Å². The third-order valence-electron chi connectivity index (χ3n) is 3.44. The van der Waals surface area contributed by atoms with Crippen LogP contribution in [0.5, 0.6) is 0 Å². The number of rotatable bonds is 5. The number of carbonyl (C=O) groups excluding carboxylic acids is 1. The summed E-state index contributed by atoms with van der Waals surface area (Å²) >= 11 is 1.14. The molecule has 0 aliphatic carbocycles. The predicted octanol–water partition coefficient (Wildman–Crippen LogP) is 2.24. The second-order valence-electron chi connectivity index (χ2n) is 5.19. The minimum atomic E-state index is -0.512. The van der Waals surface area contributed by atoms with Gasteiger partial charge in [-0.1, -0.05) is 42.1 Å². The molecule has 0 aliphatic rings. The summed E-state index contributed by atoms with van der Waals surface area (Å²) in [4.78, 5) is 28.7. The number of hydrogen-bond acceptors (Lipinski definition) is 5. The lowest BCUT2D eigenvalue weighted by Crippen LogP contribution is -2.31. The topological polar surface area (TPSA) is 90.0 Å². The standard InChI is InChI=1S/C17H16N4O2S/c1-11(15(18)22)24-17-19-14-10-6-5-9-13(14)16(23)21(17)20-12-7-3-2-4-8-12/h2-11,20H,1H3,(H2,18,22). The van der Waals surface area contributed by atoms with E-state index in [4.69, 9.17) is 5.73 Å². The lowest BCUT2D eigenvalue weighted by molar-refractivity contribution is -0.117. The minimum absolute atomic E-state index is 0.233. The fourth-order valence-corrected chi connectivity index (χ4v) is 2.97. The highest BCUT2D eigenvalue weighted by atomic mass is 32.2. The number of benzene rings is 2. The Bertz CT molecular complexity index is 940. The van der Waals surface area contributed by atoms with Crippen molar-refractivity contribution in [3.8, 4) is 0 Å². The molecule has 2 aromatic carbocycles. The van der Waals surface area contributed by atoms with Gasteiger partial charge in [-0.25, -0.2) is 4.98 Å². The molecule has 122 valence electrons. The Labute approximate surface area is 142 Å². The van der Waals surface area contributed by atoms with Crippen LogP contribution >= 0.6 is 11.8 Å². The van der Waals surface area contributed by atoms with Crippen LogP contribution in [-0.2, 0) is 4.79 Å². The maximum Gasteiger partial charge on any atom is 0.280 e. The molecule has 1 heterocycles. The van der Waals surface area contributed by atoms with Crippen molar-refractivity contribution in [1.29, 1.82) is 0 Å². The van der Waals surface area contributed by atoms with Gasteiger partial charge in [0.15, 0.2) is 5.16 Å².